The van der Waals surface area contributed by atoms with Crippen molar-refractivity contribution >= 4 is 22.9 Å². The van der Waals surface area contributed by atoms with Gasteiger partial charge in [0.1, 0.15) is 16.5 Å². The Morgan fingerprint density at radius 2 is 1.83 bits per heavy atom. The molecule has 1 aliphatic heterocycles. The number of thiazole rings is 1. The molecule has 0 spiro atoms. The van der Waals surface area contributed by atoms with Crippen LogP contribution in [0, 0.1) is 19.7 Å². The smallest absolute Gasteiger partial charge is 0.273 e. The van der Waals surface area contributed by atoms with Crippen LogP contribution in [-0.4, -0.2) is 42.0 Å². The monoisotopic (exact) mass is 409 g/mol. The average Bonchev–Trinajstić information content (AvgIpc) is 3.06. The Morgan fingerprint density at radius 3 is 2.59 bits per heavy atom. The maximum absolute atomic E-state index is 13.2. The third-order valence-electron chi connectivity index (χ3n) is 5.31. The molecule has 0 radical (unpaired) electrons. The molecule has 1 saturated heterocycles. The second-order valence-corrected chi connectivity index (χ2v) is 8.32. The fraction of sp³-hybridized carbons (Fsp3) is 0.304. The highest BCUT2D eigenvalue weighted by Gasteiger charge is 2.23. The highest BCUT2D eigenvalue weighted by atomic mass is 32.1. The summed E-state index contributed by atoms with van der Waals surface area (Å²) in [5.74, 6) is -0.248. The van der Waals surface area contributed by atoms with Gasteiger partial charge >= 0.3 is 0 Å². The zero-order chi connectivity index (χ0) is 20.4. The lowest BCUT2D eigenvalue weighted by Crippen LogP contribution is -2.35. The molecule has 1 fully saturated rings. The van der Waals surface area contributed by atoms with E-state index < -0.39 is 0 Å². The number of hydrogen-bond acceptors (Lipinski definition) is 4. The lowest BCUT2D eigenvalue weighted by molar-refractivity contribution is 0.0762. The fourth-order valence-corrected chi connectivity index (χ4v) is 4.63. The molecule has 150 valence electrons. The molecule has 4 nitrogen and oxygen atoms in total. The minimum absolute atomic E-state index is 0.0155. The van der Waals surface area contributed by atoms with Gasteiger partial charge in [0.2, 0.25) is 0 Å². The lowest BCUT2D eigenvalue weighted by Gasteiger charge is -2.23. The van der Waals surface area contributed by atoms with Crippen molar-refractivity contribution in [1.82, 2.24) is 9.88 Å². The second-order valence-electron chi connectivity index (χ2n) is 7.47. The van der Waals surface area contributed by atoms with Gasteiger partial charge in [0.25, 0.3) is 5.91 Å². The summed E-state index contributed by atoms with van der Waals surface area (Å²) >= 11 is 1.51. The SMILES string of the molecule is Cc1ccc(-c2nc(C(=O)N3CCCN(c4ccc(F)cc4)CC3)cs2)c(C)c1. The van der Waals surface area contributed by atoms with Gasteiger partial charge in [-0.05, 0) is 50.1 Å². The van der Waals surface area contributed by atoms with Gasteiger partial charge in [0.15, 0.2) is 0 Å². The minimum atomic E-state index is -0.233. The van der Waals surface area contributed by atoms with Gasteiger partial charge in [-0.15, -0.1) is 11.3 Å². The Morgan fingerprint density at radius 1 is 1.03 bits per heavy atom. The first kappa shape index (κ1) is 19.6. The summed E-state index contributed by atoms with van der Waals surface area (Å²) < 4.78 is 13.2. The van der Waals surface area contributed by atoms with Crippen molar-refractivity contribution in [3.8, 4) is 10.6 Å². The Labute approximate surface area is 174 Å². The number of hydrogen-bond donors (Lipinski definition) is 0. The van der Waals surface area contributed by atoms with E-state index in [-0.39, 0.29) is 11.7 Å². The van der Waals surface area contributed by atoms with Crippen molar-refractivity contribution in [2.24, 2.45) is 0 Å². The van der Waals surface area contributed by atoms with E-state index in [1.165, 1.54) is 34.6 Å². The first-order valence-corrected chi connectivity index (χ1v) is 10.7. The van der Waals surface area contributed by atoms with Gasteiger partial charge in [-0.3, -0.25) is 4.79 Å². The van der Waals surface area contributed by atoms with Crippen molar-refractivity contribution in [1.29, 1.82) is 0 Å². The standard InChI is InChI=1S/C23H24FN3OS/c1-16-4-9-20(17(2)14-16)22-25-21(15-29-22)23(28)27-11-3-10-26(12-13-27)19-7-5-18(24)6-8-19/h4-9,14-15H,3,10-13H2,1-2H3. The van der Waals surface area contributed by atoms with Gasteiger partial charge in [0.05, 0.1) is 0 Å². The maximum Gasteiger partial charge on any atom is 0.273 e. The van der Waals surface area contributed by atoms with Crippen LogP contribution >= 0.6 is 11.3 Å². The zero-order valence-corrected chi connectivity index (χ0v) is 17.5. The third kappa shape index (κ3) is 4.32. The maximum atomic E-state index is 13.2. The minimum Gasteiger partial charge on any atom is -0.370 e. The van der Waals surface area contributed by atoms with Crippen molar-refractivity contribution in [2.75, 3.05) is 31.1 Å². The summed E-state index contributed by atoms with van der Waals surface area (Å²) in [4.78, 5) is 21.7. The number of aryl methyl sites for hydroxylation is 2. The van der Waals surface area contributed by atoms with Crippen molar-refractivity contribution in [2.45, 2.75) is 20.3 Å². The molecule has 2 aromatic carbocycles. The first-order chi connectivity index (χ1) is 14.0. The molecule has 1 aliphatic rings. The van der Waals surface area contributed by atoms with Crippen LogP contribution in [0.15, 0.2) is 47.8 Å². The average molecular weight is 410 g/mol. The Hall–Kier alpha value is -2.73. The van der Waals surface area contributed by atoms with Gasteiger partial charge in [0, 0.05) is 42.8 Å². The van der Waals surface area contributed by atoms with Crippen LogP contribution in [-0.2, 0) is 0 Å². The molecule has 0 aliphatic carbocycles. The van der Waals surface area contributed by atoms with Crippen molar-refractivity contribution in [3.05, 3.63) is 70.5 Å². The Kier molecular flexibility index (Phi) is 5.62. The number of rotatable bonds is 3. The van der Waals surface area contributed by atoms with Crippen LogP contribution in [0.3, 0.4) is 0 Å². The number of aromatic nitrogens is 1. The van der Waals surface area contributed by atoms with E-state index in [1.807, 2.05) is 10.3 Å². The summed E-state index contributed by atoms with van der Waals surface area (Å²) in [5.41, 5.74) is 4.97. The number of anilines is 1. The molecule has 3 aromatic rings. The summed E-state index contributed by atoms with van der Waals surface area (Å²) in [7, 11) is 0. The van der Waals surface area contributed by atoms with E-state index >= 15 is 0 Å². The summed E-state index contributed by atoms with van der Waals surface area (Å²) in [5, 5.41) is 2.74. The second kappa shape index (κ2) is 8.33. The summed E-state index contributed by atoms with van der Waals surface area (Å²) in [6.07, 6.45) is 0.872. The predicted octanol–water partition coefficient (Wildman–Crippen LogP) is 4.92. The van der Waals surface area contributed by atoms with Crippen LogP contribution in [0.25, 0.3) is 10.6 Å². The molecule has 0 bridgehead atoms. The number of benzene rings is 2. The molecule has 0 atom stereocenters. The molecule has 0 N–H and O–H groups in total. The summed E-state index contributed by atoms with van der Waals surface area (Å²) in [6.45, 7) is 7.05. The molecule has 6 heteroatoms. The van der Waals surface area contributed by atoms with Crippen LogP contribution in [0.4, 0.5) is 10.1 Å². The van der Waals surface area contributed by atoms with Gasteiger partial charge in [-0.2, -0.15) is 0 Å². The van der Waals surface area contributed by atoms with Crippen LogP contribution in [0.2, 0.25) is 0 Å². The highest BCUT2D eigenvalue weighted by molar-refractivity contribution is 7.13. The fourth-order valence-electron chi connectivity index (χ4n) is 3.74. The molecule has 1 aromatic heterocycles. The Bertz CT molecular complexity index is 1020. The van der Waals surface area contributed by atoms with Gasteiger partial charge in [-0.25, -0.2) is 9.37 Å². The third-order valence-corrected chi connectivity index (χ3v) is 6.19. The molecule has 4 rings (SSSR count). The number of halogens is 1. The van der Waals surface area contributed by atoms with Crippen LogP contribution in [0.5, 0.6) is 0 Å². The molecule has 0 saturated carbocycles. The number of carbonyl (C=O) groups excluding carboxylic acids is 1. The Balaban J connectivity index is 1.46. The summed E-state index contributed by atoms with van der Waals surface area (Å²) in [6, 6.07) is 12.8. The number of carbonyl (C=O) groups is 1. The zero-order valence-electron chi connectivity index (χ0n) is 16.7. The normalized spacial score (nSPS) is 14.7. The van der Waals surface area contributed by atoms with E-state index in [0.717, 1.165) is 35.8 Å². The molecule has 2 heterocycles. The molecule has 1 amide bonds. The van der Waals surface area contributed by atoms with Crippen molar-refractivity contribution < 1.29 is 9.18 Å². The van der Waals surface area contributed by atoms with E-state index in [9.17, 15) is 9.18 Å². The molecular weight excluding hydrogens is 385 g/mol. The van der Waals surface area contributed by atoms with E-state index in [1.54, 1.807) is 12.1 Å². The number of nitrogens with zero attached hydrogens (tertiary/aromatic N) is 3. The van der Waals surface area contributed by atoms with Crippen LogP contribution < -0.4 is 4.90 Å². The van der Waals surface area contributed by atoms with E-state index in [2.05, 4.69) is 41.9 Å². The molecule has 0 unspecified atom stereocenters. The van der Waals surface area contributed by atoms with Crippen LogP contribution in [0.1, 0.15) is 28.0 Å². The largest absolute Gasteiger partial charge is 0.370 e. The van der Waals surface area contributed by atoms with Gasteiger partial charge in [-0.1, -0.05) is 23.8 Å². The van der Waals surface area contributed by atoms with Gasteiger partial charge < -0.3 is 9.80 Å². The quantitative estimate of drug-likeness (QED) is 0.616. The van der Waals surface area contributed by atoms with E-state index in [0.29, 0.717) is 18.8 Å². The topological polar surface area (TPSA) is 36.4 Å². The lowest BCUT2D eigenvalue weighted by atomic mass is 10.1. The molecular formula is C23H24FN3OS. The predicted molar refractivity (Wildman–Crippen MR) is 116 cm³/mol. The number of amides is 1. The highest BCUT2D eigenvalue weighted by Crippen LogP contribution is 2.28. The van der Waals surface area contributed by atoms with Crippen molar-refractivity contribution in [3.63, 3.8) is 0 Å². The van der Waals surface area contributed by atoms with E-state index in [4.69, 9.17) is 0 Å². The first-order valence-electron chi connectivity index (χ1n) is 9.84. The molecule has 29 heavy (non-hydrogen) atoms.